The van der Waals surface area contributed by atoms with E-state index >= 15 is 0 Å². The van der Waals surface area contributed by atoms with Crippen LogP contribution in [0.1, 0.15) is 39.9 Å². The van der Waals surface area contributed by atoms with E-state index in [1.54, 1.807) is 7.11 Å². The number of ether oxygens (including phenoxy) is 1. The predicted octanol–water partition coefficient (Wildman–Crippen LogP) is 4.54. The fourth-order valence-corrected chi connectivity index (χ4v) is 4.23. The van der Waals surface area contributed by atoms with E-state index in [2.05, 4.69) is 34.9 Å². The molecule has 1 aliphatic carbocycles. The van der Waals surface area contributed by atoms with Gasteiger partial charge in [0.1, 0.15) is 0 Å². The molecule has 3 atom stereocenters. The Labute approximate surface area is 164 Å². The molecule has 4 rings (SSSR count). The van der Waals surface area contributed by atoms with Gasteiger partial charge in [0.2, 0.25) is 0 Å². The van der Waals surface area contributed by atoms with Crippen molar-refractivity contribution in [2.75, 3.05) is 25.6 Å². The Balaban J connectivity index is 1.61. The summed E-state index contributed by atoms with van der Waals surface area (Å²) in [5, 5.41) is 7.33. The van der Waals surface area contributed by atoms with Crippen LogP contribution in [0, 0.1) is 5.92 Å². The van der Waals surface area contributed by atoms with Gasteiger partial charge >= 0.3 is 0 Å². The number of carbonyl (C=O) groups is 1. The van der Waals surface area contributed by atoms with E-state index < -0.39 is 0 Å². The molecule has 0 spiro atoms. The van der Waals surface area contributed by atoms with Crippen LogP contribution in [-0.2, 0) is 4.74 Å². The third-order valence-electron chi connectivity index (χ3n) is 5.45. The van der Waals surface area contributed by atoms with Crippen molar-refractivity contribution in [3.8, 4) is 0 Å². The SMILES string of the molecule is COCCNC(=O)c1ccc2c(c1)[C@@H]1C=CC[C@@H]1[C@H](c1ccc(Cl)cc1)N2. The first-order chi connectivity index (χ1) is 13.2. The molecule has 2 N–H and O–H groups in total. The van der Waals surface area contributed by atoms with Crippen molar-refractivity contribution in [1.82, 2.24) is 5.32 Å². The molecule has 4 nitrogen and oxygen atoms in total. The summed E-state index contributed by atoms with van der Waals surface area (Å²) < 4.78 is 4.99. The highest BCUT2D eigenvalue weighted by Gasteiger charge is 2.38. The summed E-state index contributed by atoms with van der Waals surface area (Å²) in [5.74, 6) is 0.687. The zero-order chi connectivity index (χ0) is 18.8. The molecule has 0 unspecified atom stereocenters. The van der Waals surface area contributed by atoms with E-state index in [1.807, 2.05) is 30.3 Å². The number of fused-ring (bicyclic) bond motifs is 3. The van der Waals surface area contributed by atoms with Crippen molar-refractivity contribution < 1.29 is 9.53 Å². The molecule has 0 radical (unpaired) electrons. The largest absolute Gasteiger partial charge is 0.383 e. The van der Waals surface area contributed by atoms with E-state index in [-0.39, 0.29) is 11.9 Å². The smallest absolute Gasteiger partial charge is 0.251 e. The van der Waals surface area contributed by atoms with Gasteiger partial charge in [0, 0.05) is 35.8 Å². The molecule has 1 heterocycles. The number of carbonyl (C=O) groups excluding carboxylic acids is 1. The summed E-state index contributed by atoms with van der Waals surface area (Å²) in [6.45, 7) is 1.02. The topological polar surface area (TPSA) is 50.4 Å². The summed E-state index contributed by atoms with van der Waals surface area (Å²) in [7, 11) is 1.63. The fourth-order valence-electron chi connectivity index (χ4n) is 4.10. The van der Waals surface area contributed by atoms with E-state index in [0.717, 1.165) is 17.1 Å². The van der Waals surface area contributed by atoms with Crippen LogP contribution >= 0.6 is 11.6 Å². The van der Waals surface area contributed by atoms with Crippen LogP contribution in [0.15, 0.2) is 54.6 Å². The van der Waals surface area contributed by atoms with Crippen LogP contribution in [0.5, 0.6) is 0 Å². The molecule has 27 heavy (non-hydrogen) atoms. The minimum absolute atomic E-state index is 0.0619. The Hall–Kier alpha value is -2.30. The first-order valence-electron chi connectivity index (χ1n) is 9.27. The zero-order valence-electron chi connectivity index (χ0n) is 15.2. The number of hydrogen-bond donors (Lipinski definition) is 2. The normalized spacial score (nSPS) is 22.7. The molecule has 0 saturated carbocycles. The third kappa shape index (κ3) is 3.60. The van der Waals surface area contributed by atoms with Gasteiger partial charge in [-0.25, -0.2) is 0 Å². The number of anilines is 1. The number of methoxy groups -OCH3 is 1. The van der Waals surface area contributed by atoms with Crippen molar-refractivity contribution in [2.45, 2.75) is 18.4 Å². The lowest BCUT2D eigenvalue weighted by molar-refractivity contribution is 0.0937. The number of nitrogens with one attached hydrogen (secondary N) is 2. The summed E-state index contributed by atoms with van der Waals surface area (Å²) in [6, 6.07) is 14.2. The van der Waals surface area contributed by atoms with Crippen molar-refractivity contribution >= 4 is 23.2 Å². The lowest BCUT2D eigenvalue weighted by Crippen LogP contribution is -2.30. The summed E-state index contributed by atoms with van der Waals surface area (Å²) in [6.07, 6.45) is 5.55. The van der Waals surface area contributed by atoms with E-state index in [9.17, 15) is 4.79 Å². The second-order valence-electron chi connectivity index (χ2n) is 7.08. The number of benzene rings is 2. The van der Waals surface area contributed by atoms with Gasteiger partial charge in [0.15, 0.2) is 0 Å². The van der Waals surface area contributed by atoms with E-state index in [4.69, 9.17) is 16.3 Å². The maximum absolute atomic E-state index is 12.4. The van der Waals surface area contributed by atoms with Gasteiger partial charge in [-0.05, 0) is 53.8 Å². The van der Waals surface area contributed by atoms with Crippen molar-refractivity contribution in [2.24, 2.45) is 5.92 Å². The predicted molar refractivity (Wildman–Crippen MR) is 108 cm³/mol. The number of allylic oxidation sites excluding steroid dienone is 2. The minimum Gasteiger partial charge on any atom is -0.383 e. The van der Waals surface area contributed by atoms with Gasteiger partial charge in [0.05, 0.1) is 12.6 Å². The summed E-state index contributed by atoms with van der Waals surface area (Å²) >= 11 is 6.06. The molecule has 1 amide bonds. The molecule has 2 aromatic rings. The molecule has 1 aliphatic heterocycles. The average molecular weight is 383 g/mol. The van der Waals surface area contributed by atoms with Crippen LogP contribution in [0.3, 0.4) is 0 Å². The van der Waals surface area contributed by atoms with Gasteiger partial charge in [-0.15, -0.1) is 0 Å². The molecule has 0 aromatic heterocycles. The van der Waals surface area contributed by atoms with Crippen LogP contribution < -0.4 is 10.6 Å². The molecular formula is C22H23ClN2O2. The second kappa shape index (κ2) is 7.75. The quantitative estimate of drug-likeness (QED) is 0.589. The molecule has 2 aromatic carbocycles. The van der Waals surface area contributed by atoms with Crippen molar-refractivity contribution in [1.29, 1.82) is 0 Å². The summed E-state index contributed by atoms with van der Waals surface area (Å²) in [5.41, 5.74) is 4.22. The maximum Gasteiger partial charge on any atom is 0.251 e. The van der Waals surface area contributed by atoms with Crippen LogP contribution in [-0.4, -0.2) is 26.2 Å². The van der Waals surface area contributed by atoms with Gasteiger partial charge in [-0.3, -0.25) is 4.79 Å². The molecule has 0 saturated heterocycles. The average Bonchev–Trinajstić information content (AvgIpc) is 3.18. The first kappa shape index (κ1) is 18.1. The molecule has 0 bridgehead atoms. The van der Waals surface area contributed by atoms with Gasteiger partial charge in [-0.2, -0.15) is 0 Å². The highest BCUT2D eigenvalue weighted by atomic mass is 35.5. The lowest BCUT2D eigenvalue weighted by atomic mass is 9.76. The second-order valence-corrected chi connectivity index (χ2v) is 7.51. The Morgan fingerprint density at radius 1 is 1.26 bits per heavy atom. The zero-order valence-corrected chi connectivity index (χ0v) is 16.0. The standard InChI is InChI=1S/C22H23ClN2O2/c1-27-12-11-24-22(26)15-7-10-20-19(13-15)17-3-2-4-18(17)21(25-20)14-5-8-16(23)9-6-14/h2-3,5-10,13,17-18,21,25H,4,11-12H2,1H3,(H,24,26)/t17-,18+,21+/m1/s1. The molecule has 140 valence electrons. The summed E-state index contributed by atoms with van der Waals surface area (Å²) in [4.78, 5) is 12.4. The van der Waals surface area contributed by atoms with Crippen molar-refractivity contribution in [3.63, 3.8) is 0 Å². The van der Waals surface area contributed by atoms with Gasteiger partial charge in [0.25, 0.3) is 5.91 Å². The van der Waals surface area contributed by atoms with Crippen LogP contribution in [0.25, 0.3) is 0 Å². The molecule has 2 aliphatic rings. The maximum atomic E-state index is 12.4. The highest BCUT2D eigenvalue weighted by Crippen LogP contribution is 2.49. The minimum atomic E-state index is -0.0619. The molecule has 0 fully saturated rings. The Morgan fingerprint density at radius 2 is 2.07 bits per heavy atom. The Kier molecular flexibility index (Phi) is 5.19. The Morgan fingerprint density at radius 3 is 2.85 bits per heavy atom. The van der Waals surface area contributed by atoms with Gasteiger partial charge in [-0.1, -0.05) is 35.9 Å². The fraction of sp³-hybridized carbons (Fsp3) is 0.318. The Bertz CT molecular complexity index is 863. The van der Waals surface area contributed by atoms with E-state index in [0.29, 0.717) is 30.6 Å². The number of rotatable bonds is 5. The van der Waals surface area contributed by atoms with E-state index in [1.165, 1.54) is 11.1 Å². The van der Waals surface area contributed by atoms with Crippen LogP contribution in [0.4, 0.5) is 5.69 Å². The number of halogens is 1. The highest BCUT2D eigenvalue weighted by molar-refractivity contribution is 6.30. The van der Waals surface area contributed by atoms with Crippen LogP contribution in [0.2, 0.25) is 5.02 Å². The number of amides is 1. The van der Waals surface area contributed by atoms with Crippen molar-refractivity contribution in [3.05, 3.63) is 76.3 Å². The van der Waals surface area contributed by atoms with Gasteiger partial charge < -0.3 is 15.4 Å². The third-order valence-corrected chi connectivity index (χ3v) is 5.70. The molecular weight excluding hydrogens is 360 g/mol. The lowest BCUT2D eigenvalue weighted by Gasteiger charge is -2.37. The molecule has 5 heteroatoms. The number of hydrogen-bond acceptors (Lipinski definition) is 3. The first-order valence-corrected chi connectivity index (χ1v) is 9.65. The monoisotopic (exact) mass is 382 g/mol.